The molecule has 1 aromatic heterocycles. The van der Waals surface area contributed by atoms with Crippen LogP contribution in [0.5, 0.6) is 0 Å². The second kappa shape index (κ2) is 6.33. The molecule has 2 N–H and O–H groups in total. The monoisotopic (exact) mass is 274 g/mol. The lowest BCUT2D eigenvalue weighted by Gasteiger charge is -2.31. The van der Waals surface area contributed by atoms with E-state index < -0.39 is 0 Å². The molecule has 0 amide bonds. The summed E-state index contributed by atoms with van der Waals surface area (Å²) >= 11 is 1.80. The molecule has 2 unspecified atom stereocenters. The van der Waals surface area contributed by atoms with Gasteiger partial charge in [-0.25, -0.2) is 0 Å². The number of hydrogen-bond donors (Lipinski definition) is 1. The maximum Gasteiger partial charge on any atom is 0.0497 e. The van der Waals surface area contributed by atoms with Crippen LogP contribution < -0.4 is 5.73 Å². The summed E-state index contributed by atoms with van der Waals surface area (Å²) < 4.78 is 0. The van der Waals surface area contributed by atoms with E-state index in [9.17, 15) is 0 Å². The molecular weight excluding hydrogens is 252 g/mol. The van der Waals surface area contributed by atoms with Crippen LogP contribution >= 0.6 is 11.3 Å². The van der Waals surface area contributed by atoms with E-state index in [0.29, 0.717) is 0 Å². The number of nitrogens with zero attached hydrogens (tertiary/aromatic N) is 1. The smallest absolute Gasteiger partial charge is 0.0497 e. The van der Waals surface area contributed by atoms with Gasteiger partial charge in [0.25, 0.3) is 0 Å². The summed E-state index contributed by atoms with van der Waals surface area (Å²) in [5, 5.41) is 2.12. The topological polar surface area (TPSA) is 29.3 Å². The van der Waals surface area contributed by atoms with Gasteiger partial charge in [0.2, 0.25) is 0 Å². The van der Waals surface area contributed by atoms with Crippen molar-refractivity contribution in [2.24, 2.45) is 5.73 Å². The third-order valence-electron chi connectivity index (χ3n) is 3.38. The van der Waals surface area contributed by atoms with E-state index in [0.717, 1.165) is 6.54 Å². The third kappa shape index (κ3) is 3.66. The molecule has 0 saturated heterocycles. The van der Waals surface area contributed by atoms with E-state index in [2.05, 4.69) is 67.6 Å². The van der Waals surface area contributed by atoms with E-state index in [-0.39, 0.29) is 12.1 Å². The van der Waals surface area contributed by atoms with Crippen molar-refractivity contribution in [1.29, 1.82) is 0 Å². The van der Waals surface area contributed by atoms with Gasteiger partial charge in [-0.2, -0.15) is 0 Å². The Hall–Kier alpha value is -1.16. The molecule has 2 rings (SSSR count). The fourth-order valence-electron chi connectivity index (χ4n) is 2.47. The summed E-state index contributed by atoms with van der Waals surface area (Å²) in [6, 6.07) is 13.3. The summed E-state index contributed by atoms with van der Waals surface area (Å²) in [4.78, 5) is 3.71. The number of likely N-dealkylation sites (N-methyl/N-ethyl adjacent to an activating group) is 1. The Morgan fingerprint density at radius 3 is 2.42 bits per heavy atom. The van der Waals surface area contributed by atoms with E-state index in [1.54, 1.807) is 11.3 Å². The number of rotatable bonds is 5. The van der Waals surface area contributed by atoms with Gasteiger partial charge in [0.15, 0.2) is 0 Å². The van der Waals surface area contributed by atoms with Crippen LogP contribution in [0.25, 0.3) is 0 Å². The molecule has 0 saturated carbocycles. The zero-order valence-electron chi connectivity index (χ0n) is 11.8. The molecular formula is C16H22N2S. The van der Waals surface area contributed by atoms with Crippen molar-refractivity contribution < 1.29 is 0 Å². The Morgan fingerprint density at radius 1 is 1.21 bits per heavy atom. The van der Waals surface area contributed by atoms with Crippen LogP contribution in [-0.2, 0) is 6.54 Å². The van der Waals surface area contributed by atoms with Crippen LogP contribution in [0.2, 0.25) is 0 Å². The molecule has 1 aromatic carbocycles. The number of nitrogens with two attached hydrogens (primary N) is 1. The van der Waals surface area contributed by atoms with Crippen LogP contribution in [0.4, 0.5) is 0 Å². The molecule has 0 aliphatic rings. The molecule has 19 heavy (non-hydrogen) atoms. The number of thiophene rings is 1. The molecule has 0 aliphatic carbocycles. The summed E-state index contributed by atoms with van der Waals surface area (Å²) in [5.41, 5.74) is 8.77. The summed E-state index contributed by atoms with van der Waals surface area (Å²) in [6.45, 7) is 5.13. The van der Waals surface area contributed by atoms with Crippen molar-refractivity contribution in [3.63, 3.8) is 0 Å². The van der Waals surface area contributed by atoms with Crippen LogP contribution in [0.1, 0.15) is 29.0 Å². The summed E-state index contributed by atoms with van der Waals surface area (Å²) in [5.74, 6) is 0. The second-order valence-electron chi connectivity index (χ2n) is 5.21. The van der Waals surface area contributed by atoms with E-state index in [1.807, 2.05) is 0 Å². The molecule has 2 atom stereocenters. The largest absolute Gasteiger partial charge is 0.326 e. The molecule has 0 radical (unpaired) electrons. The average molecular weight is 274 g/mol. The minimum Gasteiger partial charge on any atom is -0.326 e. The normalized spacial score (nSPS) is 14.6. The molecule has 2 nitrogen and oxygen atoms in total. The van der Waals surface area contributed by atoms with Gasteiger partial charge in [0, 0.05) is 23.5 Å². The number of aryl methyl sites for hydroxylation is 1. The maximum absolute atomic E-state index is 6.20. The molecule has 0 spiro atoms. The molecule has 0 bridgehead atoms. The first-order valence-corrected chi connectivity index (χ1v) is 7.50. The van der Waals surface area contributed by atoms with Crippen LogP contribution in [-0.4, -0.2) is 18.0 Å². The minimum atomic E-state index is 0.104. The maximum atomic E-state index is 6.20. The van der Waals surface area contributed by atoms with Gasteiger partial charge in [-0.15, -0.1) is 11.3 Å². The zero-order valence-corrected chi connectivity index (χ0v) is 12.7. The van der Waals surface area contributed by atoms with Crippen molar-refractivity contribution in [1.82, 2.24) is 4.90 Å². The lowest BCUT2D eigenvalue weighted by atomic mass is 9.98. The predicted octanol–water partition coefficient (Wildman–Crippen LogP) is 3.58. The molecule has 0 fully saturated rings. The lowest BCUT2D eigenvalue weighted by Crippen LogP contribution is -2.36. The van der Waals surface area contributed by atoms with E-state index in [4.69, 9.17) is 5.73 Å². The van der Waals surface area contributed by atoms with Gasteiger partial charge >= 0.3 is 0 Å². The van der Waals surface area contributed by atoms with Gasteiger partial charge in [-0.3, -0.25) is 4.90 Å². The highest BCUT2D eigenvalue weighted by atomic mass is 32.1. The van der Waals surface area contributed by atoms with Crippen molar-refractivity contribution in [3.05, 3.63) is 57.8 Å². The van der Waals surface area contributed by atoms with Gasteiger partial charge in [0.1, 0.15) is 0 Å². The van der Waals surface area contributed by atoms with Gasteiger partial charge in [-0.05, 0) is 37.9 Å². The first kappa shape index (κ1) is 14.3. The Bertz CT molecular complexity index is 488. The van der Waals surface area contributed by atoms with Crippen molar-refractivity contribution in [3.8, 4) is 0 Å². The Labute approximate surface area is 119 Å². The Morgan fingerprint density at radius 2 is 1.89 bits per heavy atom. The third-order valence-corrected chi connectivity index (χ3v) is 4.24. The van der Waals surface area contributed by atoms with Crippen molar-refractivity contribution in [2.75, 3.05) is 7.05 Å². The highest BCUT2D eigenvalue weighted by Crippen LogP contribution is 2.25. The molecule has 0 aliphatic heterocycles. The van der Waals surface area contributed by atoms with Gasteiger partial charge < -0.3 is 5.73 Å². The molecule has 1 heterocycles. The van der Waals surface area contributed by atoms with Gasteiger partial charge in [-0.1, -0.05) is 35.9 Å². The summed E-state index contributed by atoms with van der Waals surface area (Å²) in [6.07, 6.45) is 0. The fourth-order valence-corrected chi connectivity index (χ4v) is 3.24. The molecule has 102 valence electrons. The highest BCUT2D eigenvalue weighted by Gasteiger charge is 2.21. The van der Waals surface area contributed by atoms with Crippen molar-refractivity contribution >= 4 is 11.3 Å². The second-order valence-corrected chi connectivity index (χ2v) is 6.24. The molecule has 2 aromatic rings. The standard InChI is InChI=1S/C16H22N2S/c1-12-6-8-14(9-7-12)16(13(2)17)18(3)11-15-5-4-10-19-15/h4-10,13,16H,11,17H2,1-3H3. The highest BCUT2D eigenvalue weighted by molar-refractivity contribution is 7.09. The fraction of sp³-hybridized carbons (Fsp3) is 0.375. The number of hydrogen-bond acceptors (Lipinski definition) is 3. The van der Waals surface area contributed by atoms with Crippen molar-refractivity contribution in [2.45, 2.75) is 32.5 Å². The first-order chi connectivity index (χ1) is 9.08. The predicted molar refractivity (Wildman–Crippen MR) is 83.4 cm³/mol. The van der Waals surface area contributed by atoms with Crippen LogP contribution in [0.3, 0.4) is 0 Å². The quantitative estimate of drug-likeness (QED) is 0.903. The Kier molecular flexibility index (Phi) is 4.75. The van der Waals surface area contributed by atoms with Crippen LogP contribution in [0, 0.1) is 6.92 Å². The Balaban J connectivity index is 2.17. The van der Waals surface area contributed by atoms with E-state index >= 15 is 0 Å². The van der Waals surface area contributed by atoms with E-state index in [1.165, 1.54) is 16.0 Å². The number of benzene rings is 1. The molecule has 3 heteroatoms. The summed E-state index contributed by atoms with van der Waals surface area (Å²) in [7, 11) is 2.15. The van der Waals surface area contributed by atoms with Gasteiger partial charge in [0.05, 0.1) is 0 Å². The van der Waals surface area contributed by atoms with Crippen LogP contribution in [0.15, 0.2) is 41.8 Å². The average Bonchev–Trinajstić information content (AvgIpc) is 2.84. The minimum absolute atomic E-state index is 0.104. The first-order valence-electron chi connectivity index (χ1n) is 6.62. The zero-order chi connectivity index (χ0) is 13.8. The SMILES string of the molecule is Cc1ccc(C(C(C)N)N(C)Cc2cccs2)cc1. The lowest BCUT2D eigenvalue weighted by molar-refractivity contribution is 0.212.